The van der Waals surface area contributed by atoms with Crippen LogP contribution in [0.25, 0.3) is 16.9 Å². The Morgan fingerprint density at radius 1 is 0.867 bits per heavy atom. The minimum atomic E-state index is 0.983. The minimum absolute atomic E-state index is 0.983. The maximum absolute atomic E-state index is 4.36. The van der Waals surface area contributed by atoms with Gasteiger partial charge in [0.05, 0.1) is 11.9 Å². The van der Waals surface area contributed by atoms with Gasteiger partial charge in [-0.2, -0.15) is 0 Å². The highest BCUT2D eigenvalue weighted by molar-refractivity contribution is 5.63. The van der Waals surface area contributed by atoms with Gasteiger partial charge in [-0.3, -0.25) is 4.40 Å². The molecule has 0 amide bonds. The third-order valence-corrected chi connectivity index (χ3v) is 2.49. The molecule has 0 aliphatic rings. The van der Waals surface area contributed by atoms with Gasteiger partial charge >= 0.3 is 0 Å². The van der Waals surface area contributed by atoms with E-state index in [-0.39, 0.29) is 0 Å². The smallest absolute Gasteiger partial charge is 0.137 e. The summed E-state index contributed by atoms with van der Waals surface area (Å²) in [6.45, 7) is 0. The first-order valence-corrected chi connectivity index (χ1v) is 4.93. The van der Waals surface area contributed by atoms with Crippen LogP contribution >= 0.6 is 0 Å². The van der Waals surface area contributed by atoms with Gasteiger partial charge in [-0.05, 0) is 12.1 Å². The lowest BCUT2D eigenvalue weighted by molar-refractivity contribution is 1.19. The summed E-state index contributed by atoms with van der Waals surface area (Å²) in [7, 11) is 0. The van der Waals surface area contributed by atoms with Crippen LogP contribution in [0.15, 0.2) is 60.9 Å². The van der Waals surface area contributed by atoms with Crippen molar-refractivity contribution in [2.45, 2.75) is 0 Å². The highest BCUT2D eigenvalue weighted by atomic mass is 15.0. The van der Waals surface area contributed by atoms with E-state index in [9.17, 15) is 0 Å². The van der Waals surface area contributed by atoms with Crippen molar-refractivity contribution >= 4 is 5.65 Å². The second-order valence-electron chi connectivity index (χ2n) is 3.44. The van der Waals surface area contributed by atoms with Crippen molar-refractivity contribution in [3.05, 3.63) is 60.9 Å². The minimum Gasteiger partial charge on any atom is -0.300 e. The predicted molar refractivity (Wildman–Crippen MR) is 60.6 cm³/mol. The first-order chi connectivity index (χ1) is 7.45. The van der Waals surface area contributed by atoms with Gasteiger partial charge in [-0.15, -0.1) is 0 Å². The van der Waals surface area contributed by atoms with Crippen LogP contribution < -0.4 is 0 Å². The van der Waals surface area contributed by atoms with E-state index in [2.05, 4.69) is 21.5 Å². The highest BCUT2D eigenvalue weighted by Gasteiger charge is 2.03. The number of aromatic nitrogens is 2. The number of benzene rings is 1. The number of rotatable bonds is 1. The number of fused-ring (bicyclic) bond motifs is 1. The monoisotopic (exact) mass is 194 g/mol. The van der Waals surface area contributed by atoms with Crippen molar-refractivity contribution in [1.82, 2.24) is 9.38 Å². The molecular weight excluding hydrogens is 184 g/mol. The zero-order valence-corrected chi connectivity index (χ0v) is 8.17. The molecule has 0 atom stereocenters. The van der Waals surface area contributed by atoms with Crippen molar-refractivity contribution in [3.63, 3.8) is 0 Å². The van der Waals surface area contributed by atoms with Gasteiger partial charge < -0.3 is 0 Å². The third-order valence-electron chi connectivity index (χ3n) is 2.49. The Morgan fingerprint density at radius 3 is 2.53 bits per heavy atom. The number of pyridine rings is 1. The quantitative estimate of drug-likeness (QED) is 0.582. The molecule has 0 aliphatic carbocycles. The maximum Gasteiger partial charge on any atom is 0.137 e. The molecule has 2 heterocycles. The summed E-state index contributed by atoms with van der Waals surface area (Å²) in [6.07, 6.45) is 3.94. The molecule has 2 nitrogen and oxygen atoms in total. The largest absolute Gasteiger partial charge is 0.300 e. The van der Waals surface area contributed by atoms with Crippen LogP contribution in [0.4, 0.5) is 0 Å². The topological polar surface area (TPSA) is 17.3 Å². The van der Waals surface area contributed by atoms with Crippen LogP contribution in [-0.4, -0.2) is 9.38 Å². The van der Waals surface area contributed by atoms with E-state index in [1.54, 1.807) is 0 Å². The molecular formula is C13H10N2. The molecule has 0 saturated carbocycles. The van der Waals surface area contributed by atoms with Gasteiger partial charge in [0.25, 0.3) is 0 Å². The predicted octanol–water partition coefficient (Wildman–Crippen LogP) is 3.00. The van der Waals surface area contributed by atoms with Crippen LogP contribution in [0.1, 0.15) is 0 Å². The molecule has 3 rings (SSSR count). The SMILES string of the molecule is c1ccc(-c2cnc3ccccn23)cc1. The molecule has 3 aromatic rings. The number of hydrogen-bond donors (Lipinski definition) is 0. The molecule has 0 N–H and O–H groups in total. The summed E-state index contributed by atoms with van der Waals surface area (Å²) in [5, 5.41) is 0. The lowest BCUT2D eigenvalue weighted by Gasteiger charge is -2.00. The fraction of sp³-hybridized carbons (Fsp3) is 0. The average Bonchev–Trinajstić information content (AvgIpc) is 2.74. The Labute approximate surface area is 87.8 Å². The van der Waals surface area contributed by atoms with Crippen molar-refractivity contribution in [2.24, 2.45) is 0 Å². The summed E-state index contributed by atoms with van der Waals surface area (Å²) in [6, 6.07) is 16.3. The van der Waals surface area contributed by atoms with Gasteiger partial charge in [0.2, 0.25) is 0 Å². The molecule has 15 heavy (non-hydrogen) atoms. The highest BCUT2D eigenvalue weighted by Crippen LogP contribution is 2.19. The third kappa shape index (κ3) is 1.31. The molecule has 0 unspecified atom stereocenters. The Balaban J connectivity index is 2.28. The van der Waals surface area contributed by atoms with E-state index in [0.717, 1.165) is 11.3 Å². The molecule has 0 spiro atoms. The maximum atomic E-state index is 4.36. The molecule has 0 fully saturated rings. The average molecular weight is 194 g/mol. The molecule has 0 bridgehead atoms. The molecule has 0 saturated heterocycles. The first kappa shape index (κ1) is 8.24. The molecule has 2 heteroatoms. The number of imidazole rings is 1. The fourth-order valence-electron chi connectivity index (χ4n) is 1.76. The van der Waals surface area contributed by atoms with Crippen molar-refractivity contribution < 1.29 is 0 Å². The van der Waals surface area contributed by atoms with Crippen LogP contribution in [0, 0.1) is 0 Å². The van der Waals surface area contributed by atoms with Crippen molar-refractivity contribution in [2.75, 3.05) is 0 Å². The van der Waals surface area contributed by atoms with Crippen molar-refractivity contribution in [1.29, 1.82) is 0 Å². The van der Waals surface area contributed by atoms with Crippen LogP contribution in [0.2, 0.25) is 0 Å². The Bertz CT molecular complexity index is 582. The summed E-state index contributed by atoms with van der Waals surface area (Å²) in [5.41, 5.74) is 3.30. The second-order valence-corrected chi connectivity index (χ2v) is 3.44. The van der Waals surface area contributed by atoms with E-state index >= 15 is 0 Å². The van der Waals surface area contributed by atoms with E-state index in [1.807, 2.05) is 48.8 Å². The van der Waals surface area contributed by atoms with Gasteiger partial charge in [0, 0.05) is 11.8 Å². The molecule has 2 aromatic heterocycles. The molecule has 72 valence electrons. The van der Waals surface area contributed by atoms with Crippen LogP contribution in [0.3, 0.4) is 0 Å². The van der Waals surface area contributed by atoms with Gasteiger partial charge in [-0.25, -0.2) is 4.98 Å². The van der Waals surface area contributed by atoms with Crippen LogP contribution in [0.5, 0.6) is 0 Å². The van der Waals surface area contributed by atoms with Crippen molar-refractivity contribution in [3.8, 4) is 11.3 Å². The van der Waals surface area contributed by atoms with E-state index in [0.29, 0.717) is 0 Å². The molecule has 1 aromatic carbocycles. The summed E-state index contributed by atoms with van der Waals surface area (Å²) < 4.78 is 2.09. The summed E-state index contributed by atoms with van der Waals surface area (Å²) in [4.78, 5) is 4.36. The lowest BCUT2D eigenvalue weighted by atomic mass is 10.2. The zero-order valence-electron chi connectivity index (χ0n) is 8.17. The second kappa shape index (κ2) is 3.24. The zero-order chi connectivity index (χ0) is 10.1. The Morgan fingerprint density at radius 2 is 1.67 bits per heavy atom. The standard InChI is InChI=1S/C13H10N2/c1-2-6-11(7-3-1)12-10-14-13-8-4-5-9-15(12)13/h1-10H. The Kier molecular flexibility index (Phi) is 1.78. The van der Waals surface area contributed by atoms with Gasteiger partial charge in [0.1, 0.15) is 5.65 Å². The number of hydrogen-bond acceptors (Lipinski definition) is 1. The lowest BCUT2D eigenvalue weighted by Crippen LogP contribution is -1.86. The number of nitrogens with zero attached hydrogens (tertiary/aromatic N) is 2. The van der Waals surface area contributed by atoms with E-state index < -0.39 is 0 Å². The first-order valence-electron chi connectivity index (χ1n) is 4.93. The Hall–Kier alpha value is -2.09. The van der Waals surface area contributed by atoms with Gasteiger partial charge in [-0.1, -0.05) is 36.4 Å². The summed E-state index contributed by atoms with van der Waals surface area (Å²) in [5.74, 6) is 0. The van der Waals surface area contributed by atoms with E-state index in [1.165, 1.54) is 5.56 Å². The van der Waals surface area contributed by atoms with Gasteiger partial charge in [0.15, 0.2) is 0 Å². The van der Waals surface area contributed by atoms with Crippen LogP contribution in [-0.2, 0) is 0 Å². The van der Waals surface area contributed by atoms with E-state index in [4.69, 9.17) is 0 Å². The normalized spacial score (nSPS) is 10.7. The molecule has 0 radical (unpaired) electrons. The molecule has 0 aliphatic heterocycles. The summed E-state index contributed by atoms with van der Waals surface area (Å²) >= 11 is 0. The fourth-order valence-corrected chi connectivity index (χ4v) is 1.76.